The third-order valence-electron chi connectivity index (χ3n) is 5.04. The summed E-state index contributed by atoms with van der Waals surface area (Å²) in [6.45, 7) is 4.03. The molecule has 0 atom stereocenters. The van der Waals surface area contributed by atoms with Crippen LogP contribution in [0.5, 0.6) is 0 Å². The normalized spacial score (nSPS) is 15.1. The van der Waals surface area contributed by atoms with Gasteiger partial charge in [0.15, 0.2) is 5.96 Å². The van der Waals surface area contributed by atoms with E-state index < -0.39 is 0 Å². The lowest BCUT2D eigenvalue weighted by atomic mass is 9.96. The number of hydrogen-bond acceptors (Lipinski definition) is 2. The van der Waals surface area contributed by atoms with Crippen molar-refractivity contribution in [2.24, 2.45) is 4.99 Å². The van der Waals surface area contributed by atoms with Gasteiger partial charge in [0.05, 0.1) is 0 Å². The Kier molecular flexibility index (Phi) is 6.12. The first-order chi connectivity index (χ1) is 13.2. The van der Waals surface area contributed by atoms with Gasteiger partial charge < -0.3 is 16.0 Å². The van der Waals surface area contributed by atoms with Crippen LogP contribution in [0.25, 0.3) is 0 Å². The highest BCUT2D eigenvalue weighted by Gasteiger charge is 2.43. The zero-order valence-electron chi connectivity index (χ0n) is 16.1. The van der Waals surface area contributed by atoms with E-state index in [4.69, 9.17) is 0 Å². The summed E-state index contributed by atoms with van der Waals surface area (Å²) in [5.41, 5.74) is 3.35. The standard InChI is InChI=1S/C22H28N4O/c1-3-24-20(27)18-9-7-8-17(14-18)15-25-21(23-2)26-16-22(12-13-22)19-10-5-4-6-11-19/h4-11,14H,3,12-13,15-16H2,1-2H3,(H,24,27)(H2,23,25,26). The summed E-state index contributed by atoms with van der Waals surface area (Å²) in [7, 11) is 1.78. The number of rotatable bonds is 7. The summed E-state index contributed by atoms with van der Waals surface area (Å²) in [6.07, 6.45) is 2.41. The summed E-state index contributed by atoms with van der Waals surface area (Å²) in [5.74, 6) is 0.737. The van der Waals surface area contributed by atoms with Crippen LogP contribution in [-0.2, 0) is 12.0 Å². The zero-order valence-corrected chi connectivity index (χ0v) is 16.1. The minimum Gasteiger partial charge on any atom is -0.356 e. The van der Waals surface area contributed by atoms with E-state index in [1.54, 1.807) is 7.05 Å². The summed E-state index contributed by atoms with van der Waals surface area (Å²) >= 11 is 0. The molecule has 0 heterocycles. The van der Waals surface area contributed by atoms with Crippen molar-refractivity contribution in [2.45, 2.75) is 31.7 Å². The minimum absolute atomic E-state index is 0.0413. The van der Waals surface area contributed by atoms with E-state index in [9.17, 15) is 4.79 Å². The lowest BCUT2D eigenvalue weighted by molar-refractivity contribution is 0.0955. The van der Waals surface area contributed by atoms with Gasteiger partial charge in [0.1, 0.15) is 0 Å². The molecular weight excluding hydrogens is 336 g/mol. The van der Waals surface area contributed by atoms with Crippen LogP contribution in [0.1, 0.15) is 41.3 Å². The average Bonchev–Trinajstić information content (AvgIpc) is 3.50. The maximum absolute atomic E-state index is 12.0. The molecule has 142 valence electrons. The van der Waals surface area contributed by atoms with Gasteiger partial charge in [-0.25, -0.2) is 0 Å². The van der Waals surface area contributed by atoms with Crippen molar-refractivity contribution in [3.8, 4) is 0 Å². The molecule has 1 aliphatic rings. The Morgan fingerprint density at radius 1 is 1.04 bits per heavy atom. The number of carbonyl (C=O) groups excluding carboxylic acids is 1. The van der Waals surface area contributed by atoms with Crippen LogP contribution >= 0.6 is 0 Å². The second-order valence-corrected chi connectivity index (χ2v) is 6.99. The van der Waals surface area contributed by atoms with Crippen LogP contribution < -0.4 is 16.0 Å². The number of nitrogens with zero attached hydrogens (tertiary/aromatic N) is 1. The van der Waals surface area contributed by atoms with Gasteiger partial charge in [-0.2, -0.15) is 0 Å². The predicted octanol–water partition coefficient (Wildman–Crippen LogP) is 2.83. The molecule has 2 aromatic rings. The fraction of sp³-hybridized carbons (Fsp3) is 0.364. The highest BCUT2D eigenvalue weighted by molar-refractivity contribution is 5.94. The van der Waals surface area contributed by atoms with Crippen LogP contribution in [0.15, 0.2) is 59.6 Å². The molecular formula is C22H28N4O. The molecule has 5 heteroatoms. The molecule has 1 fully saturated rings. The van der Waals surface area contributed by atoms with Gasteiger partial charge in [0.25, 0.3) is 5.91 Å². The second kappa shape index (κ2) is 8.71. The topological polar surface area (TPSA) is 65.5 Å². The van der Waals surface area contributed by atoms with Gasteiger partial charge in [0.2, 0.25) is 0 Å². The van der Waals surface area contributed by atoms with Crippen LogP contribution in [0.4, 0.5) is 0 Å². The second-order valence-electron chi connectivity index (χ2n) is 6.99. The first kappa shape index (κ1) is 19.0. The Morgan fingerprint density at radius 2 is 1.81 bits per heavy atom. The molecule has 0 spiro atoms. The first-order valence-corrected chi connectivity index (χ1v) is 9.54. The summed E-state index contributed by atoms with van der Waals surface area (Å²) < 4.78 is 0. The van der Waals surface area contributed by atoms with Crippen molar-refractivity contribution in [2.75, 3.05) is 20.1 Å². The van der Waals surface area contributed by atoms with E-state index >= 15 is 0 Å². The maximum Gasteiger partial charge on any atom is 0.251 e. The number of nitrogens with one attached hydrogen (secondary N) is 3. The van der Waals surface area contributed by atoms with Gasteiger partial charge in [-0.1, -0.05) is 42.5 Å². The smallest absolute Gasteiger partial charge is 0.251 e. The van der Waals surface area contributed by atoms with Gasteiger partial charge in [0, 0.05) is 37.7 Å². The molecule has 1 saturated carbocycles. The molecule has 5 nitrogen and oxygen atoms in total. The molecule has 0 aliphatic heterocycles. The highest BCUT2D eigenvalue weighted by Crippen LogP contribution is 2.47. The van der Waals surface area contributed by atoms with Crippen molar-refractivity contribution < 1.29 is 4.79 Å². The number of carbonyl (C=O) groups is 1. The molecule has 1 amide bonds. The van der Waals surface area contributed by atoms with Crippen LogP contribution in [0.3, 0.4) is 0 Å². The number of guanidine groups is 1. The van der Waals surface area contributed by atoms with Crippen LogP contribution in [-0.4, -0.2) is 32.0 Å². The Labute approximate surface area is 161 Å². The van der Waals surface area contributed by atoms with Crippen LogP contribution in [0.2, 0.25) is 0 Å². The molecule has 0 bridgehead atoms. The largest absolute Gasteiger partial charge is 0.356 e. The van der Waals surface area contributed by atoms with E-state index in [-0.39, 0.29) is 11.3 Å². The Morgan fingerprint density at radius 3 is 2.48 bits per heavy atom. The molecule has 0 radical (unpaired) electrons. The minimum atomic E-state index is -0.0413. The Balaban J connectivity index is 1.54. The van der Waals surface area contributed by atoms with E-state index in [1.165, 1.54) is 18.4 Å². The lowest BCUT2D eigenvalue weighted by Gasteiger charge is -2.19. The van der Waals surface area contributed by atoms with E-state index in [0.29, 0.717) is 18.7 Å². The number of amides is 1. The Hall–Kier alpha value is -2.82. The van der Waals surface area contributed by atoms with Gasteiger partial charge >= 0.3 is 0 Å². The average molecular weight is 364 g/mol. The van der Waals surface area contributed by atoms with Crippen molar-refractivity contribution in [3.63, 3.8) is 0 Å². The summed E-state index contributed by atoms with van der Waals surface area (Å²) in [5, 5.41) is 9.63. The quantitative estimate of drug-likeness (QED) is 0.523. The molecule has 0 saturated heterocycles. The monoisotopic (exact) mass is 364 g/mol. The Bertz CT molecular complexity index is 797. The van der Waals surface area contributed by atoms with Crippen molar-refractivity contribution in [1.29, 1.82) is 0 Å². The van der Waals surface area contributed by atoms with E-state index in [2.05, 4.69) is 51.3 Å². The fourth-order valence-electron chi connectivity index (χ4n) is 3.25. The molecule has 0 unspecified atom stereocenters. The van der Waals surface area contributed by atoms with Gasteiger partial charge in [-0.15, -0.1) is 0 Å². The van der Waals surface area contributed by atoms with E-state index in [0.717, 1.165) is 18.1 Å². The third-order valence-corrected chi connectivity index (χ3v) is 5.04. The zero-order chi connectivity index (χ0) is 19.1. The summed E-state index contributed by atoms with van der Waals surface area (Å²) in [4.78, 5) is 16.3. The maximum atomic E-state index is 12.0. The number of hydrogen-bond donors (Lipinski definition) is 3. The molecule has 2 aromatic carbocycles. The van der Waals surface area contributed by atoms with Crippen LogP contribution in [0, 0.1) is 0 Å². The fourth-order valence-corrected chi connectivity index (χ4v) is 3.25. The first-order valence-electron chi connectivity index (χ1n) is 9.54. The third kappa shape index (κ3) is 4.88. The molecule has 0 aromatic heterocycles. The SMILES string of the molecule is CCNC(=O)c1cccc(CNC(=NC)NCC2(c3ccccc3)CC2)c1. The highest BCUT2D eigenvalue weighted by atomic mass is 16.1. The van der Waals surface area contributed by atoms with Gasteiger partial charge in [-0.05, 0) is 43.0 Å². The lowest BCUT2D eigenvalue weighted by Crippen LogP contribution is -2.40. The number of aliphatic imine (C=N–C) groups is 1. The van der Waals surface area contributed by atoms with Crippen molar-refractivity contribution in [3.05, 3.63) is 71.3 Å². The summed E-state index contributed by atoms with van der Waals surface area (Å²) in [6, 6.07) is 18.3. The molecule has 27 heavy (non-hydrogen) atoms. The molecule has 3 rings (SSSR count). The molecule has 1 aliphatic carbocycles. The van der Waals surface area contributed by atoms with Crippen molar-refractivity contribution in [1.82, 2.24) is 16.0 Å². The predicted molar refractivity (Wildman–Crippen MR) is 110 cm³/mol. The van der Waals surface area contributed by atoms with Crippen molar-refractivity contribution >= 4 is 11.9 Å². The number of benzene rings is 2. The van der Waals surface area contributed by atoms with E-state index in [1.807, 2.05) is 31.2 Å². The molecule has 3 N–H and O–H groups in total. The van der Waals surface area contributed by atoms with Gasteiger partial charge in [-0.3, -0.25) is 9.79 Å².